The predicted octanol–water partition coefficient (Wildman–Crippen LogP) is 2.90. The number of carbonyl (C=O) groups excluding carboxylic acids is 1. The van der Waals surface area contributed by atoms with Gasteiger partial charge in [0, 0.05) is 17.7 Å². The second-order valence-corrected chi connectivity index (χ2v) is 7.07. The second-order valence-electron chi connectivity index (χ2n) is 5.39. The largest absolute Gasteiger partial charge is 0.350 e. The van der Waals surface area contributed by atoms with E-state index in [1.807, 2.05) is 13.8 Å². The maximum atomic E-state index is 13.1. The van der Waals surface area contributed by atoms with Gasteiger partial charge in [-0.15, -0.1) is 0 Å². The van der Waals surface area contributed by atoms with E-state index in [1.54, 1.807) is 0 Å². The Hall–Kier alpha value is -2.48. The molecule has 0 atom stereocenters. The van der Waals surface area contributed by atoms with Crippen LogP contribution in [0.1, 0.15) is 24.2 Å². The number of rotatable bonds is 5. The highest BCUT2D eigenvalue weighted by Gasteiger charge is 2.16. The molecule has 1 amide bonds. The van der Waals surface area contributed by atoms with Gasteiger partial charge in [0.05, 0.1) is 10.6 Å². The van der Waals surface area contributed by atoms with Crippen molar-refractivity contribution in [1.82, 2.24) is 5.32 Å². The quantitative estimate of drug-likeness (QED) is 0.867. The van der Waals surface area contributed by atoms with E-state index in [0.717, 1.165) is 18.2 Å². The third kappa shape index (κ3) is 4.29. The molecule has 0 unspecified atom stereocenters. The third-order valence-corrected chi connectivity index (χ3v) is 4.42. The first-order valence-electron chi connectivity index (χ1n) is 7.08. The molecule has 0 aliphatic heterocycles. The van der Waals surface area contributed by atoms with Crippen molar-refractivity contribution in [2.24, 2.45) is 0 Å². The zero-order valence-electron chi connectivity index (χ0n) is 13.0. The molecule has 2 aromatic carbocycles. The van der Waals surface area contributed by atoms with E-state index in [-0.39, 0.29) is 22.5 Å². The number of amides is 1. The summed E-state index contributed by atoms with van der Waals surface area (Å²) in [5.41, 5.74) is 0.214. The van der Waals surface area contributed by atoms with Gasteiger partial charge in [0.1, 0.15) is 0 Å². The van der Waals surface area contributed by atoms with Crippen LogP contribution in [0.15, 0.2) is 47.4 Å². The van der Waals surface area contributed by atoms with E-state index in [2.05, 4.69) is 10.0 Å². The van der Waals surface area contributed by atoms with Crippen LogP contribution in [0.3, 0.4) is 0 Å². The number of carbonyl (C=O) groups is 1. The van der Waals surface area contributed by atoms with Gasteiger partial charge in [0.25, 0.3) is 15.9 Å². The van der Waals surface area contributed by atoms with Crippen molar-refractivity contribution < 1.29 is 22.0 Å². The Morgan fingerprint density at radius 3 is 2.17 bits per heavy atom. The Balaban J connectivity index is 2.20. The maximum Gasteiger partial charge on any atom is 0.261 e. The lowest BCUT2D eigenvalue weighted by molar-refractivity contribution is 0.0943. The number of sulfonamides is 1. The molecule has 0 aromatic heterocycles. The lowest BCUT2D eigenvalue weighted by Crippen LogP contribution is -2.30. The molecule has 0 saturated carbocycles. The fourth-order valence-corrected chi connectivity index (χ4v) is 2.95. The number of halogens is 2. The molecule has 0 aliphatic rings. The number of anilines is 1. The summed E-state index contributed by atoms with van der Waals surface area (Å²) in [6.07, 6.45) is 0. The monoisotopic (exact) mass is 354 g/mol. The normalized spacial score (nSPS) is 11.4. The Morgan fingerprint density at radius 2 is 1.62 bits per heavy atom. The molecule has 0 fully saturated rings. The van der Waals surface area contributed by atoms with Crippen molar-refractivity contribution in [1.29, 1.82) is 0 Å². The average Bonchev–Trinajstić information content (AvgIpc) is 2.50. The summed E-state index contributed by atoms with van der Waals surface area (Å²) in [5.74, 6) is -2.54. The van der Waals surface area contributed by atoms with Gasteiger partial charge in [-0.3, -0.25) is 9.52 Å². The van der Waals surface area contributed by atoms with Gasteiger partial charge in [-0.2, -0.15) is 0 Å². The topological polar surface area (TPSA) is 75.3 Å². The van der Waals surface area contributed by atoms with E-state index >= 15 is 0 Å². The van der Waals surface area contributed by atoms with Crippen LogP contribution in [0.2, 0.25) is 0 Å². The van der Waals surface area contributed by atoms with Gasteiger partial charge in [-0.25, -0.2) is 17.2 Å². The molecule has 2 rings (SSSR count). The minimum Gasteiger partial charge on any atom is -0.350 e. The van der Waals surface area contributed by atoms with E-state index in [0.29, 0.717) is 5.56 Å². The van der Waals surface area contributed by atoms with Crippen LogP contribution in [-0.2, 0) is 10.0 Å². The molecule has 0 radical (unpaired) electrons. The minimum atomic E-state index is -3.98. The molecule has 2 aromatic rings. The highest BCUT2D eigenvalue weighted by molar-refractivity contribution is 7.92. The van der Waals surface area contributed by atoms with Gasteiger partial charge in [0.2, 0.25) is 0 Å². The van der Waals surface area contributed by atoms with E-state index in [9.17, 15) is 22.0 Å². The zero-order valence-corrected chi connectivity index (χ0v) is 13.8. The smallest absolute Gasteiger partial charge is 0.261 e. The van der Waals surface area contributed by atoms with E-state index in [4.69, 9.17) is 0 Å². The van der Waals surface area contributed by atoms with Crippen molar-refractivity contribution in [3.8, 4) is 0 Å². The Kier molecular flexibility index (Phi) is 5.18. The molecule has 0 spiro atoms. The Labute approximate surface area is 138 Å². The van der Waals surface area contributed by atoms with Crippen LogP contribution in [0.25, 0.3) is 0 Å². The first-order chi connectivity index (χ1) is 11.2. The molecule has 0 heterocycles. The standard InChI is InChI=1S/C16H16F2N2O3S/c1-10(2)19-16(21)11-3-6-13(7-4-11)24(22,23)20-12-5-8-14(17)15(18)9-12/h3-10,20H,1-2H3,(H,19,21). The van der Waals surface area contributed by atoms with E-state index in [1.165, 1.54) is 24.3 Å². The van der Waals surface area contributed by atoms with Gasteiger partial charge >= 0.3 is 0 Å². The highest BCUT2D eigenvalue weighted by Crippen LogP contribution is 2.19. The van der Waals surface area contributed by atoms with Crippen molar-refractivity contribution >= 4 is 21.6 Å². The molecular weight excluding hydrogens is 338 g/mol. The highest BCUT2D eigenvalue weighted by atomic mass is 32.2. The summed E-state index contributed by atoms with van der Waals surface area (Å²) >= 11 is 0. The van der Waals surface area contributed by atoms with Crippen LogP contribution < -0.4 is 10.0 Å². The van der Waals surface area contributed by atoms with Crippen molar-refractivity contribution in [3.63, 3.8) is 0 Å². The van der Waals surface area contributed by atoms with Gasteiger partial charge in [-0.05, 0) is 50.2 Å². The number of benzene rings is 2. The average molecular weight is 354 g/mol. The second kappa shape index (κ2) is 6.96. The van der Waals surface area contributed by atoms with Crippen LogP contribution in [0, 0.1) is 11.6 Å². The molecule has 2 N–H and O–H groups in total. The summed E-state index contributed by atoms with van der Waals surface area (Å²) in [5, 5.41) is 2.69. The van der Waals surface area contributed by atoms with Crippen LogP contribution in [-0.4, -0.2) is 20.4 Å². The SMILES string of the molecule is CC(C)NC(=O)c1ccc(S(=O)(=O)Nc2ccc(F)c(F)c2)cc1. The number of nitrogens with one attached hydrogen (secondary N) is 2. The van der Waals surface area contributed by atoms with Crippen molar-refractivity contribution in [2.45, 2.75) is 24.8 Å². The third-order valence-electron chi connectivity index (χ3n) is 3.02. The zero-order chi connectivity index (χ0) is 17.9. The Bertz CT molecular complexity index is 850. The fourth-order valence-electron chi connectivity index (χ4n) is 1.90. The summed E-state index contributed by atoms with van der Waals surface area (Å²) in [7, 11) is -3.98. The number of hydrogen-bond donors (Lipinski definition) is 2. The summed E-state index contributed by atoms with van der Waals surface area (Å²) < 4.78 is 52.6. The first kappa shape index (κ1) is 17.9. The van der Waals surface area contributed by atoms with Crippen LogP contribution in [0.5, 0.6) is 0 Å². The number of hydrogen-bond acceptors (Lipinski definition) is 3. The molecule has 24 heavy (non-hydrogen) atoms. The molecule has 8 heteroatoms. The summed E-state index contributed by atoms with van der Waals surface area (Å²) in [6.45, 7) is 3.62. The van der Waals surface area contributed by atoms with Gasteiger partial charge in [0.15, 0.2) is 11.6 Å². The maximum absolute atomic E-state index is 13.1. The van der Waals surface area contributed by atoms with E-state index < -0.39 is 21.7 Å². The summed E-state index contributed by atoms with van der Waals surface area (Å²) in [4.78, 5) is 11.7. The first-order valence-corrected chi connectivity index (χ1v) is 8.56. The van der Waals surface area contributed by atoms with Gasteiger partial charge < -0.3 is 5.32 Å². The molecule has 128 valence electrons. The van der Waals surface area contributed by atoms with Crippen molar-refractivity contribution in [2.75, 3.05) is 4.72 Å². The fraction of sp³-hybridized carbons (Fsp3) is 0.188. The lowest BCUT2D eigenvalue weighted by Gasteiger charge is -2.10. The molecular formula is C16H16F2N2O3S. The minimum absolute atomic E-state index is 0.0454. The predicted molar refractivity (Wildman–Crippen MR) is 86.2 cm³/mol. The Morgan fingerprint density at radius 1 is 1.00 bits per heavy atom. The lowest BCUT2D eigenvalue weighted by atomic mass is 10.2. The molecule has 0 bridgehead atoms. The van der Waals surface area contributed by atoms with Crippen molar-refractivity contribution in [3.05, 3.63) is 59.7 Å². The van der Waals surface area contributed by atoms with Crippen LogP contribution in [0.4, 0.5) is 14.5 Å². The van der Waals surface area contributed by atoms with Crippen LogP contribution >= 0.6 is 0 Å². The molecule has 0 aliphatic carbocycles. The van der Waals surface area contributed by atoms with Gasteiger partial charge in [-0.1, -0.05) is 0 Å². The summed E-state index contributed by atoms with van der Waals surface area (Å²) in [6, 6.07) is 7.91. The molecule has 5 nitrogen and oxygen atoms in total. The molecule has 0 saturated heterocycles.